The molecule has 16 atom stereocenters. The van der Waals surface area contributed by atoms with Gasteiger partial charge in [0.2, 0.25) is 11.9 Å². The third-order valence-corrected chi connectivity index (χ3v) is 21.1. The minimum Gasteiger partial charge on any atom is -0.398 e. The molecule has 0 amide bonds. The van der Waals surface area contributed by atoms with E-state index in [-0.39, 0.29) is 86.3 Å². The Bertz CT molecular complexity index is 4000. The number of hydrogen-bond donors (Lipinski definition) is 10. The van der Waals surface area contributed by atoms with Crippen molar-refractivity contribution in [2.24, 2.45) is 0 Å². The van der Waals surface area contributed by atoms with Crippen LogP contribution < -0.4 is 34.1 Å². The first kappa shape index (κ1) is 60.1. The number of nitrogens with two attached hydrogens (primary N) is 4. The third kappa shape index (κ3) is 12.2. The molecule has 34 nitrogen and oxygen atoms in total. The molecule has 0 spiro atoms. The number of imidazole rings is 2. The van der Waals surface area contributed by atoms with Crippen molar-refractivity contribution >= 4 is 142 Å². The van der Waals surface area contributed by atoms with Gasteiger partial charge < -0.3 is 92.8 Å². The first-order valence-electron chi connectivity index (χ1n) is 26.0. The lowest BCUT2D eigenvalue weighted by atomic mass is 10.2. The lowest BCUT2D eigenvalue weighted by Gasteiger charge is -2.27. The van der Waals surface area contributed by atoms with E-state index in [4.69, 9.17) is 113 Å². The molecule has 86 heavy (non-hydrogen) atoms. The number of pyridine rings is 2. The number of thiol groups is 1. The largest absolute Gasteiger partial charge is 0.398 e. The van der Waals surface area contributed by atoms with Crippen molar-refractivity contribution in [1.29, 1.82) is 0 Å². The minimum atomic E-state index is -4.05. The maximum absolute atomic E-state index is 13.5. The number of rotatable bonds is 4. The molecule has 8 aromatic rings. The lowest BCUT2D eigenvalue weighted by molar-refractivity contribution is -0.0594. The van der Waals surface area contributed by atoms with Crippen molar-refractivity contribution in [3.63, 3.8) is 0 Å². The third-order valence-electron chi connectivity index (χ3n) is 14.7. The summed E-state index contributed by atoms with van der Waals surface area (Å²) in [6.45, 7) is -16.5. The van der Waals surface area contributed by atoms with Gasteiger partial charge in [0.25, 0.3) is 11.1 Å². The molecule has 8 aromatic heterocycles. The van der Waals surface area contributed by atoms with Crippen LogP contribution in [0.5, 0.6) is 0 Å². The van der Waals surface area contributed by atoms with E-state index < -0.39 is 112 Å². The molecule has 6 aliphatic rings. The van der Waals surface area contributed by atoms with Gasteiger partial charge in [-0.1, -0.05) is 12.2 Å². The second-order valence-electron chi connectivity index (χ2n) is 20.4. The van der Waals surface area contributed by atoms with Crippen molar-refractivity contribution in [3.8, 4) is 0 Å². The Morgan fingerprint density at radius 1 is 0.523 bits per heavy atom. The van der Waals surface area contributed by atoms with Crippen molar-refractivity contribution in [2.45, 2.75) is 99.4 Å². The molecular formula is C44H52N16O18P4S4. The predicted molar refractivity (Wildman–Crippen MR) is 317 cm³/mol. The topological polar surface area (TPSA) is 455 Å². The predicted octanol–water partition coefficient (Wildman–Crippen LogP) is 3.14. The van der Waals surface area contributed by atoms with Gasteiger partial charge in [0.15, 0.2) is 34.8 Å². The summed E-state index contributed by atoms with van der Waals surface area (Å²) in [6, 6.07) is 7.03. The highest BCUT2D eigenvalue weighted by Gasteiger charge is 2.49. The lowest BCUT2D eigenvalue weighted by Crippen LogP contribution is -2.29. The number of H-pyrrole nitrogens is 2. The number of aromatic nitrogens is 12. The molecule has 13 N–H and O–H groups in total. The summed E-state index contributed by atoms with van der Waals surface area (Å²) in [5.74, 6) is -0.253. The van der Waals surface area contributed by atoms with Gasteiger partial charge in [-0.05, 0) is 59.7 Å². The SMILES string of the molecule is Nc1nc2c(ncn2[C@@H]2O[C@@H]3COP(O)(=S)O[C@H]4C[C@H](n5ccc6c(N)ccnc65)OC4COP(=O)(S)O[C@@H]2C3)c(=O)[nH]1.Nc1nc2c(ncn2[C@@H]2O[C@@H]3COP(O)(=S)O[C@H]4C[C@H](n5ccc6c(N)ccnc65)OC4COP(O)(=S)O[C@@H]2C3)c(=O)[nH]1. The number of fused-ring (bicyclic) bond motifs is 10. The fourth-order valence-electron chi connectivity index (χ4n) is 11.0. The molecular weight excluding hydrogens is 1290 g/mol. The average molecular weight is 1350 g/mol. The van der Waals surface area contributed by atoms with Gasteiger partial charge in [-0.3, -0.25) is 37.7 Å². The summed E-state index contributed by atoms with van der Waals surface area (Å²) in [5.41, 5.74) is 25.2. The minimum absolute atomic E-state index is 0.0163. The van der Waals surface area contributed by atoms with Crippen LogP contribution in [0, 0.1) is 0 Å². The number of ether oxygens (including phenoxy) is 4. The van der Waals surface area contributed by atoms with E-state index in [1.54, 1.807) is 46.1 Å². The molecule has 0 aliphatic carbocycles. The first-order valence-corrected chi connectivity index (χ1v) is 36.5. The van der Waals surface area contributed by atoms with Gasteiger partial charge in [-0.25, -0.2) is 24.5 Å². The Kier molecular flexibility index (Phi) is 16.2. The number of hydrogen-bond acceptors (Lipinski definition) is 28. The highest BCUT2D eigenvalue weighted by molar-refractivity contribution is 8.44. The van der Waals surface area contributed by atoms with Crippen molar-refractivity contribution in [3.05, 3.63) is 82.4 Å². The van der Waals surface area contributed by atoms with E-state index in [1.165, 1.54) is 21.8 Å². The molecule has 0 saturated carbocycles. The molecule has 6 fully saturated rings. The molecule has 6 aliphatic heterocycles. The zero-order chi connectivity index (χ0) is 60.2. The van der Waals surface area contributed by atoms with E-state index >= 15 is 0 Å². The Morgan fingerprint density at radius 2 is 0.942 bits per heavy atom. The summed E-state index contributed by atoms with van der Waals surface area (Å²) in [7, 11) is 0. The van der Waals surface area contributed by atoms with Gasteiger partial charge in [0.05, 0.1) is 63.5 Å². The van der Waals surface area contributed by atoms with Gasteiger partial charge >= 0.3 is 27.0 Å². The van der Waals surface area contributed by atoms with Crippen LogP contribution in [-0.4, -0.2) is 148 Å². The Hall–Kier alpha value is -4.79. The Morgan fingerprint density at radius 3 is 1.41 bits per heavy atom. The average Bonchev–Trinajstić information content (AvgIpc) is 2.28. The molecule has 0 radical (unpaired) electrons. The van der Waals surface area contributed by atoms with Gasteiger partial charge in [-0.15, -0.1) is 0 Å². The molecule has 0 aromatic carbocycles. The summed E-state index contributed by atoms with van der Waals surface area (Å²) >= 11 is 20.2. The van der Waals surface area contributed by atoms with Crippen LogP contribution in [0.3, 0.4) is 0 Å². The van der Waals surface area contributed by atoms with Gasteiger partial charge in [0.1, 0.15) is 48.2 Å². The number of nitrogens with one attached hydrogen (secondary N) is 2. The van der Waals surface area contributed by atoms with Crippen LogP contribution >= 0.6 is 39.2 Å². The van der Waals surface area contributed by atoms with Crippen molar-refractivity contribution in [1.82, 2.24) is 58.1 Å². The normalized spacial score (nSPS) is 35.4. The fourth-order valence-corrected chi connectivity index (χ4v) is 16.9. The molecule has 14 heterocycles. The van der Waals surface area contributed by atoms with Crippen LogP contribution in [0.15, 0.2) is 71.3 Å². The zero-order valence-electron chi connectivity index (χ0n) is 44.1. The molecule has 42 heteroatoms. The summed E-state index contributed by atoms with van der Waals surface area (Å²) in [6.07, 6.45) is 0.593. The Balaban J connectivity index is 0.000000160. The molecule has 4 bridgehead atoms. The second-order valence-corrected chi connectivity index (χ2v) is 31.6. The summed E-state index contributed by atoms with van der Waals surface area (Å²) < 4.78 is 91.1. The highest BCUT2D eigenvalue weighted by Crippen LogP contribution is 2.59. The molecule has 460 valence electrons. The van der Waals surface area contributed by atoms with Crippen molar-refractivity contribution < 1.29 is 74.4 Å². The molecule has 14 rings (SSSR count). The van der Waals surface area contributed by atoms with E-state index in [2.05, 4.69) is 52.1 Å². The highest BCUT2D eigenvalue weighted by atomic mass is 32.7. The smallest absolute Gasteiger partial charge is 0.386 e. The maximum atomic E-state index is 13.5. The van der Waals surface area contributed by atoms with E-state index in [1.807, 2.05) is 12.1 Å². The van der Waals surface area contributed by atoms with Gasteiger partial charge in [0, 0.05) is 72.6 Å². The number of aromatic amines is 2. The maximum Gasteiger partial charge on any atom is 0.386 e. The van der Waals surface area contributed by atoms with E-state index in [0.717, 1.165) is 10.8 Å². The van der Waals surface area contributed by atoms with Gasteiger partial charge in [-0.2, -0.15) is 9.97 Å². The number of anilines is 4. The van der Waals surface area contributed by atoms with Crippen LogP contribution in [-0.2, 0) is 95.1 Å². The van der Waals surface area contributed by atoms with E-state index in [9.17, 15) is 28.8 Å². The monoisotopic (exact) mass is 1340 g/mol. The van der Waals surface area contributed by atoms with Crippen molar-refractivity contribution in [2.75, 3.05) is 49.4 Å². The van der Waals surface area contributed by atoms with Crippen LogP contribution in [0.2, 0.25) is 0 Å². The standard InChI is InChI=1S/2C22H26N8O9P2S2/c2*23-12-1-3-25-18-11(12)2-4-29(18)16-6-13-15(37-16)8-35-41(33,43)39-14-5-10(7-34-40(32,42)38-13)36-21(14)30-9-26-17-19(30)27-22(24)28-20(17)31/h2*1-4,9-10,13-16,21H,5-8H2,(H2,23,25)(H,32,42)(H,33,43)(H3,24,27,28,31)/t2*10-,13-,14+,15?,16+,21+,40?,41?/m00/s1. The number of nitrogens with zero attached hydrogens (tertiary/aromatic N) is 10. The van der Waals surface area contributed by atoms with Crippen LogP contribution in [0.4, 0.5) is 23.3 Å². The summed E-state index contributed by atoms with van der Waals surface area (Å²) in [4.78, 5) is 87.9. The zero-order valence-corrected chi connectivity index (χ0v) is 51.0. The quantitative estimate of drug-likeness (QED) is 0.0893. The van der Waals surface area contributed by atoms with E-state index in [0.29, 0.717) is 22.7 Å². The van der Waals surface area contributed by atoms with Crippen LogP contribution in [0.25, 0.3) is 44.4 Å². The Labute approximate surface area is 503 Å². The molecule has 6 unspecified atom stereocenters. The fraction of sp³-hybridized carbons (Fsp3) is 0.455. The first-order chi connectivity index (χ1) is 40.9. The number of nitrogen functional groups attached to an aromatic ring is 4. The van der Waals surface area contributed by atoms with Crippen LogP contribution in [0.1, 0.15) is 50.6 Å². The summed E-state index contributed by atoms with van der Waals surface area (Å²) in [5, 5.41) is 1.49. The molecule has 6 saturated heterocycles. The second kappa shape index (κ2) is 23.2.